The standard InChI is InChI=1S/C19H23BN6O3/c1-11-7-12(3-4-13(11)9-21)14(22)5-6-23-10-17(20)24-18(27)15-8-16(26-25-15)19(2,28)29/h3-8,17,22-23,28-29H,10,20H2,1-2H3,(H,24,27)(H,25,26)/b6-5-,22-14?. The van der Waals surface area contributed by atoms with E-state index in [2.05, 4.69) is 26.9 Å². The van der Waals surface area contributed by atoms with Crippen molar-refractivity contribution in [3.05, 3.63) is 64.6 Å². The van der Waals surface area contributed by atoms with Crippen molar-refractivity contribution < 1.29 is 15.0 Å². The van der Waals surface area contributed by atoms with Gasteiger partial charge in [0.15, 0.2) is 0 Å². The van der Waals surface area contributed by atoms with E-state index < -0.39 is 11.7 Å². The van der Waals surface area contributed by atoms with E-state index in [1.165, 1.54) is 6.07 Å². The third-order valence-electron chi connectivity index (χ3n) is 4.15. The number of aromatic nitrogens is 2. The van der Waals surface area contributed by atoms with E-state index in [0.29, 0.717) is 23.4 Å². The maximum absolute atomic E-state index is 12.1. The highest BCUT2D eigenvalue weighted by Crippen LogP contribution is 2.14. The Kier molecular flexibility index (Phi) is 6.93. The minimum absolute atomic E-state index is 0.0212. The number of hydrogen-bond donors (Lipinski definition) is 6. The van der Waals surface area contributed by atoms with Gasteiger partial charge in [-0.25, -0.2) is 0 Å². The predicted molar refractivity (Wildman–Crippen MR) is 110 cm³/mol. The highest BCUT2D eigenvalue weighted by atomic mass is 16.5. The normalized spacial score (nSPS) is 12.4. The van der Waals surface area contributed by atoms with Gasteiger partial charge in [0.05, 0.1) is 23.0 Å². The number of nitrogens with zero attached hydrogens (tertiary/aromatic N) is 2. The molecule has 0 saturated heterocycles. The van der Waals surface area contributed by atoms with Gasteiger partial charge >= 0.3 is 0 Å². The van der Waals surface area contributed by atoms with Gasteiger partial charge < -0.3 is 26.3 Å². The Balaban J connectivity index is 1.83. The number of nitrogens with one attached hydrogen (secondary N) is 4. The predicted octanol–water partition coefficient (Wildman–Crippen LogP) is -0.393. The highest BCUT2D eigenvalue weighted by molar-refractivity contribution is 6.14. The number of carbonyl (C=O) groups is 1. The van der Waals surface area contributed by atoms with E-state index in [1.807, 2.05) is 6.92 Å². The molecule has 0 radical (unpaired) electrons. The number of aliphatic hydroxyl groups is 2. The molecule has 0 fully saturated rings. The summed E-state index contributed by atoms with van der Waals surface area (Å²) in [7, 11) is 1.80. The molecule has 1 atom stereocenters. The number of aryl methyl sites for hydroxylation is 1. The maximum atomic E-state index is 12.1. The summed E-state index contributed by atoms with van der Waals surface area (Å²) in [5.74, 6) is -2.79. The molecule has 0 aliphatic carbocycles. The minimum Gasteiger partial charge on any atom is -0.390 e. The smallest absolute Gasteiger partial charge is 0.271 e. The second-order valence-corrected chi connectivity index (χ2v) is 6.86. The first-order chi connectivity index (χ1) is 13.6. The lowest BCUT2D eigenvalue weighted by Crippen LogP contribution is -2.41. The van der Waals surface area contributed by atoms with Gasteiger partial charge in [0, 0.05) is 12.5 Å². The SMILES string of the molecule is BC(CN/C=C\C(=N)c1ccc(C#N)c(C)c1)NC(=O)c1cc(C(C)(O)O)[nH]n1. The molecule has 10 heteroatoms. The van der Waals surface area contributed by atoms with Crippen LogP contribution in [0.1, 0.15) is 39.8 Å². The minimum atomic E-state index is -2.10. The van der Waals surface area contributed by atoms with E-state index in [4.69, 9.17) is 10.7 Å². The van der Waals surface area contributed by atoms with E-state index in [9.17, 15) is 15.0 Å². The van der Waals surface area contributed by atoms with Crippen molar-refractivity contribution in [2.45, 2.75) is 25.6 Å². The van der Waals surface area contributed by atoms with Crippen LogP contribution in [0, 0.1) is 23.7 Å². The first-order valence-electron chi connectivity index (χ1n) is 8.93. The maximum Gasteiger partial charge on any atom is 0.271 e. The lowest BCUT2D eigenvalue weighted by atomic mass is 9.96. The molecule has 0 spiro atoms. The van der Waals surface area contributed by atoms with E-state index >= 15 is 0 Å². The molecule has 6 N–H and O–H groups in total. The molecular formula is C19H23BN6O3. The Hall–Kier alpha value is -3.42. The zero-order valence-electron chi connectivity index (χ0n) is 16.4. The molecule has 1 amide bonds. The number of rotatable bonds is 8. The van der Waals surface area contributed by atoms with Gasteiger partial charge in [0.2, 0.25) is 5.79 Å². The molecule has 9 nitrogen and oxygen atoms in total. The van der Waals surface area contributed by atoms with E-state index in [-0.39, 0.29) is 17.3 Å². The summed E-state index contributed by atoms with van der Waals surface area (Å²) < 4.78 is 0. The first kappa shape index (κ1) is 21.9. The molecule has 2 rings (SSSR count). The van der Waals surface area contributed by atoms with Crippen LogP contribution in [0.15, 0.2) is 36.5 Å². The summed E-state index contributed by atoms with van der Waals surface area (Å²) in [6.45, 7) is 3.40. The average Bonchev–Trinajstić information content (AvgIpc) is 3.15. The topological polar surface area (TPSA) is 158 Å². The summed E-state index contributed by atoms with van der Waals surface area (Å²) in [5, 5.41) is 47.9. The van der Waals surface area contributed by atoms with Crippen molar-refractivity contribution in [2.24, 2.45) is 0 Å². The van der Waals surface area contributed by atoms with Gasteiger partial charge in [-0.15, -0.1) is 0 Å². The third kappa shape index (κ3) is 6.03. The molecule has 29 heavy (non-hydrogen) atoms. The fourth-order valence-electron chi connectivity index (χ4n) is 2.47. The quantitative estimate of drug-likeness (QED) is 0.203. The summed E-state index contributed by atoms with van der Waals surface area (Å²) in [6.07, 6.45) is 3.22. The van der Waals surface area contributed by atoms with Crippen LogP contribution in [0.4, 0.5) is 0 Å². The number of H-pyrrole nitrogens is 1. The lowest BCUT2D eigenvalue weighted by Gasteiger charge is -2.13. The highest BCUT2D eigenvalue weighted by Gasteiger charge is 2.23. The summed E-state index contributed by atoms with van der Waals surface area (Å²) in [6, 6.07) is 8.57. The Morgan fingerprint density at radius 1 is 1.48 bits per heavy atom. The Morgan fingerprint density at radius 2 is 2.21 bits per heavy atom. The van der Waals surface area contributed by atoms with Gasteiger partial charge in [-0.2, -0.15) is 10.4 Å². The van der Waals surface area contributed by atoms with Gasteiger partial charge in [-0.3, -0.25) is 9.89 Å². The van der Waals surface area contributed by atoms with Crippen LogP contribution in [0.3, 0.4) is 0 Å². The van der Waals surface area contributed by atoms with Crippen molar-refractivity contribution in [1.29, 1.82) is 10.7 Å². The molecule has 0 bridgehead atoms. The summed E-state index contributed by atoms with van der Waals surface area (Å²) in [5.41, 5.74) is 2.47. The molecule has 0 aliphatic heterocycles. The van der Waals surface area contributed by atoms with Crippen molar-refractivity contribution in [2.75, 3.05) is 6.54 Å². The molecule has 2 aromatic rings. The van der Waals surface area contributed by atoms with Crippen LogP contribution < -0.4 is 10.6 Å². The zero-order valence-corrected chi connectivity index (χ0v) is 16.4. The first-order valence-corrected chi connectivity index (χ1v) is 8.93. The van der Waals surface area contributed by atoms with Crippen LogP contribution in [0.25, 0.3) is 0 Å². The van der Waals surface area contributed by atoms with Crippen molar-refractivity contribution in [3.8, 4) is 6.07 Å². The van der Waals surface area contributed by atoms with Crippen LogP contribution in [-0.2, 0) is 5.79 Å². The van der Waals surface area contributed by atoms with Gasteiger partial charge in [-0.1, -0.05) is 6.07 Å². The van der Waals surface area contributed by atoms with Crippen LogP contribution >= 0.6 is 0 Å². The van der Waals surface area contributed by atoms with E-state index in [0.717, 1.165) is 12.5 Å². The Bertz CT molecular complexity index is 971. The monoisotopic (exact) mass is 394 g/mol. The van der Waals surface area contributed by atoms with Gasteiger partial charge in [0.1, 0.15) is 13.5 Å². The van der Waals surface area contributed by atoms with Crippen LogP contribution in [-0.4, -0.2) is 52.4 Å². The molecule has 1 aromatic heterocycles. The van der Waals surface area contributed by atoms with Crippen LogP contribution in [0.5, 0.6) is 0 Å². The number of benzene rings is 1. The van der Waals surface area contributed by atoms with Crippen molar-refractivity contribution in [1.82, 2.24) is 20.8 Å². The molecule has 0 aliphatic rings. The zero-order chi connectivity index (χ0) is 21.6. The number of aromatic amines is 1. The number of carbonyl (C=O) groups excluding carboxylic acids is 1. The molecule has 1 unspecified atom stereocenters. The fraction of sp³-hybridized carbons (Fsp3) is 0.263. The largest absolute Gasteiger partial charge is 0.390 e. The number of allylic oxidation sites excluding steroid dienone is 1. The van der Waals surface area contributed by atoms with Crippen molar-refractivity contribution >= 4 is 19.5 Å². The number of hydrogen-bond acceptors (Lipinski definition) is 7. The summed E-state index contributed by atoms with van der Waals surface area (Å²) in [4.78, 5) is 12.1. The van der Waals surface area contributed by atoms with Gasteiger partial charge in [0.25, 0.3) is 5.91 Å². The van der Waals surface area contributed by atoms with Gasteiger partial charge in [-0.05, 0) is 55.4 Å². The molecule has 1 heterocycles. The van der Waals surface area contributed by atoms with E-state index in [1.54, 1.807) is 38.3 Å². The molecule has 0 saturated carbocycles. The number of nitriles is 1. The third-order valence-corrected chi connectivity index (χ3v) is 4.15. The van der Waals surface area contributed by atoms with Crippen LogP contribution in [0.2, 0.25) is 0 Å². The lowest BCUT2D eigenvalue weighted by molar-refractivity contribution is -0.155. The number of amides is 1. The Morgan fingerprint density at radius 3 is 2.79 bits per heavy atom. The molecular weight excluding hydrogens is 371 g/mol. The fourth-order valence-corrected chi connectivity index (χ4v) is 2.47. The molecule has 1 aromatic carbocycles. The second kappa shape index (κ2) is 9.19. The van der Waals surface area contributed by atoms with Crippen molar-refractivity contribution in [3.63, 3.8) is 0 Å². The summed E-state index contributed by atoms with van der Waals surface area (Å²) >= 11 is 0. The Labute approximate surface area is 169 Å². The second-order valence-electron chi connectivity index (χ2n) is 6.86. The average molecular weight is 394 g/mol. The molecule has 150 valence electrons.